The first-order valence-corrected chi connectivity index (χ1v) is 9.98. The van der Waals surface area contributed by atoms with Gasteiger partial charge < -0.3 is 4.90 Å². The van der Waals surface area contributed by atoms with Gasteiger partial charge in [0.05, 0.1) is 17.5 Å². The molecule has 0 spiro atoms. The van der Waals surface area contributed by atoms with Crippen molar-refractivity contribution in [2.24, 2.45) is 23.7 Å². The second-order valence-electron chi connectivity index (χ2n) is 7.83. The first-order valence-electron chi connectivity index (χ1n) is 9.98. The summed E-state index contributed by atoms with van der Waals surface area (Å²) in [5, 5.41) is 2.07. The van der Waals surface area contributed by atoms with E-state index in [0.717, 1.165) is 41.7 Å². The number of anilines is 2. The molecule has 5 rings (SSSR count). The number of allylic oxidation sites excluding steroid dienone is 2. The van der Waals surface area contributed by atoms with Crippen molar-refractivity contribution in [2.75, 3.05) is 22.9 Å². The van der Waals surface area contributed by atoms with Gasteiger partial charge in [-0.2, -0.15) is 0 Å². The third-order valence-corrected chi connectivity index (χ3v) is 6.69. The maximum atomic E-state index is 13.2. The summed E-state index contributed by atoms with van der Waals surface area (Å²) in [6.07, 6.45) is 5.24. The van der Waals surface area contributed by atoms with E-state index in [4.69, 9.17) is 0 Å². The minimum atomic E-state index is -0.159. The molecule has 2 amide bonds. The van der Waals surface area contributed by atoms with Gasteiger partial charge in [0.25, 0.3) is 0 Å². The van der Waals surface area contributed by atoms with E-state index < -0.39 is 0 Å². The second kappa shape index (κ2) is 5.95. The Morgan fingerprint density at radius 2 is 1.48 bits per heavy atom. The molecule has 0 N–H and O–H groups in total. The second-order valence-corrected chi connectivity index (χ2v) is 7.83. The van der Waals surface area contributed by atoms with E-state index >= 15 is 0 Å². The summed E-state index contributed by atoms with van der Waals surface area (Å²) in [4.78, 5) is 30.2. The number of benzene rings is 2. The van der Waals surface area contributed by atoms with Crippen LogP contribution in [0.2, 0.25) is 0 Å². The number of hydrogen-bond donors (Lipinski definition) is 0. The molecule has 4 atom stereocenters. The largest absolute Gasteiger partial charge is 0.372 e. The zero-order valence-electron chi connectivity index (χ0n) is 15.8. The lowest BCUT2D eigenvalue weighted by Crippen LogP contribution is -2.33. The fraction of sp³-hybridized carbons (Fsp3) is 0.391. The van der Waals surface area contributed by atoms with E-state index in [9.17, 15) is 9.59 Å². The lowest BCUT2D eigenvalue weighted by atomic mass is 9.85. The smallest absolute Gasteiger partial charge is 0.238 e. The molecule has 138 valence electrons. The number of amides is 2. The standard InChI is InChI=1S/C23H24N2O2/c1-3-24(4-2)18-11-12-19(17-8-6-5-7-16(17)18)25-22(26)20-14-9-10-15(13-14)21(20)23(25)27/h5-12,14-15,20-21H,3-4,13H2,1-2H3. The molecule has 4 heteroatoms. The van der Waals surface area contributed by atoms with Crippen molar-refractivity contribution >= 4 is 34.0 Å². The summed E-state index contributed by atoms with van der Waals surface area (Å²) in [6, 6.07) is 12.1. The molecule has 2 fully saturated rings. The topological polar surface area (TPSA) is 40.6 Å². The van der Waals surface area contributed by atoms with E-state index in [2.05, 4.69) is 43.0 Å². The highest BCUT2D eigenvalue weighted by Gasteiger charge is 2.59. The van der Waals surface area contributed by atoms with Crippen LogP contribution in [0.4, 0.5) is 11.4 Å². The third kappa shape index (κ3) is 2.16. The van der Waals surface area contributed by atoms with E-state index in [-0.39, 0.29) is 35.5 Å². The molecule has 3 aliphatic rings. The number of fused-ring (bicyclic) bond motifs is 6. The first-order chi connectivity index (χ1) is 13.2. The zero-order valence-corrected chi connectivity index (χ0v) is 15.8. The minimum absolute atomic E-state index is 0.0115. The van der Waals surface area contributed by atoms with Crippen LogP contribution in [-0.4, -0.2) is 24.9 Å². The molecule has 4 unspecified atom stereocenters. The Balaban J connectivity index is 1.64. The van der Waals surface area contributed by atoms with Crippen molar-refractivity contribution < 1.29 is 9.59 Å². The maximum Gasteiger partial charge on any atom is 0.238 e. The Morgan fingerprint density at radius 3 is 2.07 bits per heavy atom. The van der Waals surface area contributed by atoms with Crippen LogP contribution in [-0.2, 0) is 9.59 Å². The molecular formula is C23H24N2O2. The molecular weight excluding hydrogens is 336 g/mol. The quantitative estimate of drug-likeness (QED) is 0.611. The van der Waals surface area contributed by atoms with E-state index in [1.165, 1.54) is 4.90 Å². The summed E-state index contributed by atoms with van der Waals surface area (Å²) in [5.74, 6) is 0.137. The van der Waals surface area contributed by atoms with E-state index in [0.29, 0.717) is 0 Å². The van der Waals surface area contributed by atoms with Gasteiger partial charge in [0.1, 0.15) is 0 Å². The van der Waals surface area contributed by atoms with Crippen LogP contribution in [0, 0.1) is 23.7 Å². The Morgan fingerprint density at radius 1 is 0.889 bits per heavy atom. The Hall–Kier alpha value is -2.62. The van der Waals surface area contributed by atoms with Crippen LogP contribution >= 0.6 is 0 Å². The predicted molar refractivity (Wildman–Crippen MR) is 108 cm³/mol. The summed E-state index contributed by atoms with van der Waals surface area (Å²) in [5.41, 5.74) is 1.89. The summed E-state index contributed by atoms with van der Waals surface area (Å²) in [7, 11) is 0. The van der Waals surface area contributed by atoms with Crippen molar-refractivity contribution in [3.63, 3.8) is 0 Å². The van der Waals surface area contributed by atoms with Gasteiger partial charge in [-0.1, -0.05) is 36.4 Å². The Labute approximate surface area is 159 Å². The average Bonchev–Trinajstić information content (AvgIpc) is 3.37. The molecule has 1 heterocycles. The van der Waals surface area contributed by atoms with Gasteiger partial charge >= 0.3 is 0 Å². The summed E-state index contributed by atoms with van der Waals surface area (Å²) >= 11 is 0. The predicted octanol–water partition coefficient (Wildman–Crippen LogP) is 4.00. The maximum absolute atomic E-state index is 13.2. The van der Waals surface area contributed by atoms with Crippen LogP contribution in [0.15, 0.2) is 48.6 Å². The monoisotopic (exact) mass is 360 g/mol. The van der Waals surface area contributed by atoms with Crippen LogP contribution in [0.1, 0.15) is 20.3 Å². The SMILES string of the molecule is CCN(CC)c1ccc(N2C(=O)C3C4C=CC(C4)C3C2=O)c2ccccc12. The van der Waals surface area contributed by atoms with Gasteiger partial charge in [0, 0.05) is 29.5 Å². The van der Waals surface area contributed by atoms with Crippen LogP contribution < -0.4 is 9.80 Å². The first kappa shape index (κ1) is 16.5. The van der Waals surface area contributed by atoms with Crippen molar-refractivity contribution in [1.29, 1.82) is 0 Å². The van der Waals surface area contributed by atoms with Gasteiger partial charge in [-0.05, 0) is 44.2 Å². The van der Waals surface area contributed by atoms with E-state index in [1.54, 1.807) is 0 Å². The molecule has 0 aromatic heterocycles. The molecule has 1 saturated carbocycles. The third-order valence-electron chi connectivity index (χ3n) is 6.69. The van der Waals surface area contributed by atoms with Crippen LogP contribution in [0.25, 0.3) is 10.8 Å². The number of carbonyl (C=O) groups excluding carboxylic acids is 2. The highest BCUT2D eigenvalue weighted by atomic mass is 16.2. The fourth-order valence-corrected chi connectivity index (χ4v) is 5.44. The lowest BCUT2D eigenvalue weighted by Gasteiger charge is -2.25. The molecule has 4 nitrogen and oxygen atoms in total. The average molecular weight is 360 g/mol. The number of carbonyl (C=O) groups is 2. The molecule has 0 radical (unpaired) electrons. The lowest BCUT2D eigenvalue weighted by molar-refractivity contribution is -0.123. The van der Waals surface area contributed by atoms with Gasteiger partial charge in [0.2, 0.25) is 11.8 Å². The fourth-order valence-electron chi connectivity index (χ4n) is 5.44. The van der Waals surface area contributed by atoms with Gasteiger partial charge in [-0.25, -0.2) is 4.90 Å². The number of rotatable bonds is 4. The van der Waals surface area contributed by atoms with Gasteiger partial charge in [-0.15, -0.1) is 0 Å². The molecule has 1 aliphatic heterocycles. The molecule has 2 bridgehead atoms. The highest BCUT2D eigenvalue weighted by Crippen LogP contribution is 2.53. The van der Waals surface area contributed by atoms with Crippen molar-refractivity contribution in [2.45, 2.75) is 20.3 Å². The Bertz CT molecular complexity index is 946. The number of imide groups is 1. The Kier molecular flexibility index (Phi) is 3.64. The van der Waals surface area contributed by atoms with Crippen LogP contribution in [0.3, 0.4) is 0 Å². The van der Waals surface area contributed by atoms with Crippen LogP contribution in [0.5, 0.6) is 0 Å². The molecule has 27 heavy (non-hydrogen) atoms. The van der Waals surface area contributed by atoms with Crippen molar-refractivity contribution in [1.82, 2.24) is 0 Å². The molecule has 2 aromatic rings. The summed E-state index contributed by atoms with van der Waals surface area (Å²) < 4.78 is 0. The minimum Gasteiger partial charge on any atom is -0.372 e. The number of nitrogens with zero attached hydrogens (tertiary/aromatic N) is 2. The van der Waals surface area contributed by atoms with Crippen molar-refractivity contribution in [3.8, 4) is 0 Å². The van der Waals surface area contributed by atoms with Gasteiger partial charge in [0.15, 0.2) is 0 Å². The molecule has 2 aliphatic carbocycles. The normalized spacial score (nSPS) is 28.4. The molecule has 2 aromatic carbocycles. The highest BCUT2D eigenvalue weighted by molar-refractivity contribution is 6.26. The molecule has 1 saturated heterocycles. The van der Waals surface area contributed by atoms with Gasteiger partial charge in [-0.3, -0.25) is 9.59 Å². The number of hydrogen-bond acceptors (Lipinski definition) is 3. The van der Waals surface area contributed by atoms with Crippen molar-refractivity contribution in [3.05, 3.63) is 48.6 Å². The zero-order chi connectivity index (χ0) is 18.7. The summed E-state index contributed by atoms with van der Waals surface area (Å²) in [6.45, 7) is 6.12. The van der Waals surface area contributed by atoms with E-state index in [1.807, 2.05) is 24.3 Å².